The molecule has 0 spiro atoms. The largest absolute Gasteiger partial charge is 0.356 e. The first-order chi connectivity index (χ1) is 14.0. The minimum atomic E-state index is -0.445. The van der Waals surface area contributed by atoms with E-state index in [1.54, 1.807) is 0 Å². The van der Waals surface area contributed by atoms with Gasteiger partial charge in [0, 0.05) is 50.1 Å². The Hall–Kier alpha value is -3.05. The van der Waals surface area contributed by atoms with E-state index in [1.807, 2.05) is 29.6 Å². The molecule has 0 saturated heterocycles. The summed E-state index contributed by atoms with van der Waals surface area (Å²) in [6, 6.07) is 8.03. The maximum Gasteiger partial charge on any atom is 0.226 e. The molecule has 1 aliphatic rings. The van der Waals surface area contributed by atoms with Gasteiger partial charge in [-0.25, -0.2) is 4.98 Å². The normalized spacial score (nSPS) is 13.5. The molecule has 1 aromatic carbocycles. The number of carbonyl (C=O) groups is 2. The van der Waals surface area contributed by atoms with Crippen LogP contribution in [0.3, 0.4) is 0 Å². The van der Waals surface area contributed by atoms with Crippen LogP contribution in [0.1, 0.15) is 38.2 Å². The molecule has 0 aliphatic carbocycles. The standard InChI is InChI=1S/C21H23N5O2S/c1-3-4-11-21(25-26-21)12-9-19(28)24-20-23-18(14-29-20)17-7-5-16(6-8-17)10-13-22-15(2)27/h1,5-8,14H,4,9-13H2,2H3,(H,22,27)(H,23,24,28). The van der Waals surface area contributed by atoms with E-state index >= 15 is 0 Å². The smallest absolute Gasteiger partial charge is 0.226 e. The number of amides is 2. The minimum Gasteiger partial charge on any atom is -0.356 e. The Morgan fingerprint density at radius 2 is 1.97 bits per heavy atom. The van der Waals surface area contributed by atoms with Crippen LogP contribution < -0.4 is 10.6 Å². The van der Waals surface area contributed by atoms with Crippen molar-refractivity contribution in [1.29, 1.82) is 0 Å². The molecule has 0 radical (unpaired) electrons. The molecule has 0 saturated carbocycles. The topological polar surface area (TPSA) is 95.8 Å². The van der Waals surface area contributed by atoms with Gasteiger partial charge < -0.3 is 10.6 Å². The van der Waals surface area contributed by atoms with Gasteiger partial charge in [-0.1, -0.05) is 24.3 Å². The zero-order valence-corrected chi connectivity index (χ0v) is 17.1. The van der Waals surface area contributed by atoms with Gasteiger partial charge in [0.05, 0.1) is 5.69 Å². The molecule has 0 atom stereocenters. The van der Waals surface area contributed by atoms with Gasteiger partial charge in [0.15, 0.2) is 10.8 Å². The first kappa shape index (κ1) is 20.7. The summed E-state index contributed by atoms with van der Waals surface area (Å²) in [6.45, 7) is 2.13. The molecule has 29 heavy (non-hydrogen) atoms. The highest BCUT2D eigenvalue weighted by atomic mass is 32.1. The van der Waals surface area contributed by atoms with Crippen LogP contribution in [0.4, 0.5) is 5.13 Å². The van der Waals surface area contributed by atoms with Gasteiger partial charge in [-0.2, -0.15) is 10.2 Å². The third-order valence-electron chi connectivity index (χ3n) is 4.59. The molecule has 0 bridgehead atoms. The monoisotopic (exact) mass is 409 g/mol. The fourth-order valence-electron chi connectivity index (χ4n) is 2.85. The van der Waals surface area contributed by atoms with E-state index < -0.39 is 5.66 Å². The zero-order valence-electron chi connectivity index (χ0n) is 16.3. The van der Waals surface area contributed by atoms with Crippen LogP contribution in [0.25, 0.3) is 11.3 Å². The Balaban J connectivity index is 1.48. The third-order valence-corrected chi connectivity index (χ3v) is 5.35. The van der Waals surface area contributed by atoms with Gasteiger partial charge in [0.2, 0.25) is 11.8 Å². The second-order valence-electron chi connectivity index (χ2n) is 6.90. The van der Waals surface area contributed by atoms with Crippen LogP contribution in [0, 0.1) is 12.3 Å². The Bertz CT molecular complexity index is 937. The van der Waals surface area contributed by atoms with Gasteiger partial charge >= 0.3 is 0 Å². The summed E-state index contributed by atoms with van der Waals surface area (Å²) in [5.74, 6) is 2.46. The quantitative estimate of drug-likeness (QED) is 0.585. The van der Waals surface area contributed by atoms with Crippen molar-refractivity contribution in [2.24, 2.45) is 10.2 Å². The van der Waals surface area contributed by atoms with E-state index in [0.29, 0.717) is 37.4 Å². The second kappa shape index (κ2) is 9.43. The van der Waals surface area contributed by atoms with Crippen LogP contribution in [0.15, 0.2) is 39.9 Å². The number of anilines is 1. The van der Waals surface area contributed by atoms with Gasteiger partial charge in [0.1, 0.15) is 0 Å². The number of benzene rings is 1. The van der Waals surface area contributed by atoms with Gasteiger partial charge in [-0.3, -0.25) is 9.59 Å². The Kier molecular flexibility index (Phi) is 6.73. The number of hydrogen-bond acceptors (Lipinski definition) is 6. The summed E-state index contributed by atoms with van der Waals surface area (Å²) in [7, 11) is 0. The van der Waals surface area contributed by atoms with Crippen molar-refractivity contribution in [3.63, 3.8) is 0 Å². The Morgan fingerprint density at radius 3 is 2.62 bits per heavy atom. The Labute approximate surface area is 174 Å². The van der Waals surface area contributed by atoms with Crippen LogP contribution >= 0.6 is 11.3 Å². The minimum absolute atomic E-state index is 0.0256. The molecular formula is C21H23N5O2S. The molecule has 1 aromatic heterocycles. The van der Waals surface area contributed by atoms with Crippen LogP contribution in [-0.4, -0.2) is 29.0 Å². The summed E-state index contributed by atoms with van der Waals surface area (Å²) in [5, 5.41) is 16.2. The lowest BCUT2D eigenvalue weighted by Gasteiger charge is -2.07. The molecule has 7 nitrogen and oxygen atoms in total. The summed E-state index contributed by atoms with van der Waals surface area (Å²) in [6.07, 6.45) is 8.25. The number of nitrogens with one attached hydrogen (secondary N) is 2. The van der Waals surface area contributed by atoms with Crippen molar-refractivity contribution < 1.29 is 9.59 Å². The average molecular weight is 410 g/mol. The lowest BCUT2D eigenvalue weighted by atomic mass is 10.0. The highest BCUT2D eigenvalue weighted by Crippen LogP contribution is 2.37. The maximum absolute atomic E-state index is 12.2. The van der Waals surface area contributed by atoms with Crippen LogP contribution in [0.5, 0.6) is 0 Å². The maximum atomic E-state index is 12.2. The SMILES string of the molecule is C#CCCC1(CCC(=O)Nc2nc(-c3ccc(CCNC(C)=O)cc3)cs2)N=N1. The number of terminal acetylenes is 1. The first-order valence-corrected chi connectivity index (χ1v) is 10.3. The third kappa shape index (κ3) is 6.22. The lowest BCUT2D eigenvalue weighted by Crippen LogP contribution is -2.22. The summed E-state index contributed by atoms with van der Waals surface area (Å²) in [4.78, 5) is 27.6. The van der Waals surface area contributed by atoms with E-state index in [0.717, 1.165) is 23.2 Å². The number of rotatable bonds is 10. The van der Waals surface area contributed by atoms with Crippen molar-refractivity contribution in [2.75, 3.05) is 11.9 Å². The van der Waals surface area contributed by atoms with E-state index in [1.165, 1.54) is 18.3 Å². The molecule has 3 rings (SSSR count). The lowest BCUT2D eigenvalue weighted by molar-refractivity contribution is -0.119. The molecule has 2 aromatic rings. The fraction of sp³-hybridized carbons (Fsp3) is 0.381. The van der Waals surface area contributed by atoms with E-state index in [2.05, 4.69) is 31.8 Å². The van der Waals surface area contributed by atoms with Crippen LogP contribution in [0.2, 0.25) is 0 Å². The number of carbonyl (C=O) groups excluding carboxylic acids is 2. The highest BCUT2D eigenvalue weighted by molar-refractivity contribution is 7.14. The molecule has 0 unspecified atom stereocenters. The molecular weight excluding hydrogens is 386 g/mol. The predicted molar refractivity (Wildman–Crippen MR) is 113 cm³/mol. The molecule has 1 aliphatic heterocycles. The molecule has 2 amide bonds. The van der Waals surface area contributed by atoms with Crippen LogP contribution in [-0.2, 0) is 16.0 Å². The Morgan fingerprint density at radius 1 is 1.21 bits per heavy atom. The highest BCUT2D eigenvalue weighted by Gasteiger charge is 2.39. The molecule has 150 valence electrons. The molecule has 0 fully saturated rings. The predicted octanol–water partition coefficient (Wildman–Crippen LogP) is 3.78. The van der Waals surface area contributed by atoms with Crippen molar-refractivity contribution in [3.05, 3.63) is 35.2 Å². The summed E-state index contributed by atoms with van der Waals surface area (Å²) in [5.41, 5.74) is 2.49. The first-order valence-electron chi connectivity index (χ1n) is 9.46. The van der Waals surface area contributed by atoms with Crippen molar-refractivity contribution in [1.82, 2.24) is 10.3 Å². The molecule has 2 heterocycles. The van der Waals surface area contributed by atoms with E-state index in [9.17, 15) is 9.59 Å². The molecule has 8 heteroatoms. The number of nitrogens with zero attached hydrogens (tertiary/aromatic N) is 3. The number of hydrogen-bond donors (Lipinski definition) is 2. The van der Waals surface area contributed by atoms with Crippen molar-refractivity contribution >= 4 is 28.3 Å². The summed E-state index contributed by atoms with van der Waals surface area (Å²) < 4.78 is 0. The van der Waals surface area contributed by atoms with Crippen molar-refractivity contribution in [2.45, 2.75) is 44.7 Å². The summed E-state index contributed by atoms with van der Waals surface area (Å²) >= 11 is 1.39. The van der Waals surface area contributed by atoms with E-state index in [4.69, 9.17) is 6.42 Å². The zero-order chi connectivity index (χ0) is 20.7. The molecule has 2 N–H and O–H groups in total. The second-order valence-corrected chi connectivity index (χ2v) is 7.76. The van der Waals surface area contributed by atoms with Crippen molar-refractivity contribution in [3.8, 4) is 23.6 Å². The van der Waals surface area contributed by atoms with E-state index in [-0.39, 0.29) is 11.8 Å². The number of aromatic nitrogens is 1. The fourth-order valence-corrected chi connectivity index (χ4v) is 3.59. The average Bonchev–Trinajstić information content (AvgIpc) is 3.34. The number of thiazole rings is 1. The van der Waals surface area contributed by atoms with Gasteiger partial charge in [-0.15, -0.1) is 23.7 Å². The van der Waals surface area contributed by atoms with Gasteiger partial charge in [0.25, 0.3) is 0 Å². The van der Waals surface area contributed by atoms with Gasteiger partial charge in [-0.05, 0) is 12.0 Å².